The average Bonchev–Trinajstić information content (AvgIpc) is 2.18. The summed E-state index contributed by atoms with van der Waals surface area (Å²) in [6.45, 7) is 0.833. The van der Waals surface area contributed by atoms with Crippen LogP contribution in [-0.4, -0.2) is 21.5 Å². The second kappa shape index (κ2) is 3.91. The first-order valence-corrected chi connectivity index (χ1v) is 4.56. The van der Waals surface area contributed by atoms with E-state index in [1.165, 1.54) is 0 Å². The summed E-state index contributed by atoms with van der Waals surface area (Å²) in [6, 6.07) is -0.143. The van der Waals surface area contributed by atoms with Crippen LogP contribution in [0.4, 0.5) is 8.78 Å². The fraction of sp³-hybridized carbons (Fsp3) is 0.625. The fourth-order valence-electron chi connectivity index (χ4n) is 1.57. The summed E-state index contributed by atoms with van der Waals surface area (Å²) in [4.78, 5) is 9.78. The van der Waals surface area contributed by atoms with E-state index < -0.39 is 12.2 Å². The van der Waals surface area contributed by atoms with Crippen LogP contribution in [0.2, 0.25) is 0 Å². The first-order chi connectivity index (χ1) is 6.75. The maximum absolute atomic E-state index is 12.7. The summed E-state index contributed by atoms with van der Waals surface area (Å²) in [5.74, 6) is 0.162. The van der Waals surface area contributed by atoms with Gasteiger partial charge in [-0.2, -0.15) is 23.7 Å². The number of nitrogens with zero attached hydrogens (tertiary/aromatic N) is 3. The molecule has 1 aromatic heterocycles. The normalized spacial score (nSPS) is 22.3. The molecule has 1 aliphatic heterocycles. The quantitative estimate of drug-likeness (QED) is 0.733. The van der Waals surface area contributed by atoms with Crippen molar-refractivity contribution in [2.75, 3.05) is 6.54 Å². The van der Waals surface area contributed by atoms with Gasteiger partial charge in [0, 0.05) is 0 Å². The van der Waals surface area contributed by atoms with Gasteiger partial charge in [-0.1, -0.05) is 6.42 Å². The Bertz CT molecular complexity index is 305. The van der Waals surface area contributed by atoms with Gasteiger partial charge >= 0.3 is 12.2 Å². The van der Waals surface area contributed by atoms with Gasteiger partial charge in [0.05, 0.1) is 6.04 Å². The minimum absolute atomic E-state index is 0.143. The van der Waals surface area contributed by atoms with Crippen molar-refractivity contribution in [3.63, 3.8) is 0 Å². The summed E-state index contributed by atoms with van der Waals surface area (Å²) >= 11 is 0. The molecule has 1 N–H and O–H groups in total. The summed E-state index contributed by atoms with van der Waals surface area (Å²) in [7, 11) is 0. The van der Waals surface area contributed by atoms with Crippen LogP contribution in [-0.2, 0) is 0 Å². The lowest BCUT2D eigenvalue weighted by Gasteiger charge is -2.21. The first kappa shape index (κ1) is 9.39. The number of aromatic nitrogens is 3. The Morgan fingerprint density at radius 2 is 1.79 bits per heavy atom. The second-order valence-corrected chi connectivity index (χ2v) is 3.23. The molecule has 1 unspecified atom stereocenters. The lowest BCUT2D eigenvalue weighted by Crippen LogP contribution is -2.29. The van der Waals surface area contributed by atoms with Gasteiger partial charge in [-0.25, -0.2) is 0 Å². The van der Waals surface area contributed by atoms with Crippen LogP contribution in [0.1, 0.15) is 31.1 Å². The third-order valence-corrected chi connectivity index (χ3v) is 2.22. The molecule has 0 bridgehead atoms. The second-order valence-electron chi connectivity index (χ2n) is 3.23. The van der Waals surface area contributed by atoms with Gasteiger partial charge in [0.1, 0.15) is 0 Å². The molecule has 1 fully saturated rings. The molecule has 0 aliphatic carbocycles. The Hall–Kier alpha value is -1.17. The molecule has 76 valence electrons. The number of piperidine rings is 1. The topological polar surface area (TPSA) is 50.7 Å². The summed E-state index contributed by atoms with van der Waals surface area (Å²) in [6.07, 6.45) is 0.793. The number of hydrogen-bond acceptors (Lipinski definition) is 4. The third kappa shape index (κ3) is 2.01. The van der Waals surface area contributed by atoms with Gasteiger partial charge in [0.15, 0.2) is 5.82 Å². The van der Waals surface area contributed by atoms with E-state index in [-0.39, 0.29) is 11.9 Å². The highest BCUT2D eigenvalue weighted by atomic mass is 19.1. The molecular formula is C8H10F2N4. The van der Waals surface area contributed by atoms with Crippen molar-refractivity contribution >= 4 is 0 Å². The zero-order chi connectivity index (χ0) is 9.97. The zero-order valence-corrected chi connectivity index (χ0v) is 7.50. The van der Waals surface area contributed by atoms with Crippen LogP contribution in [0.15, 0.2) is 0 Å². The molecule has 4 nitrogen and oxygen atoms in total. The van der Waals surface area contributed by atoms with E-state index in [9.17, 15) is 8.78 Å². The van der Waals surface area contributed by atoms with Gasteiger partial charge in [0.25, 0.3) is 0 Å². The zero-order valence-electron chi connectivity index (χ0n) is 7.50. The molecule has 0 radical (unpaired) electrons. The molecule has 0 amide bonds. The van der Waals surface area contributed by atoms with Crippen molar-refractivity contribution in [1.29, 1.82) is 0 Å². The van der Waals surface area contributed by atoms with E-state index in [2.05, 4.69) is 20.3 Å². The van der Waals surface area contributed by atoms with Crippen molar-refractivity contribution in [3.8, 4) is 0 Å². The molecule has 1 aliphatic rings. The Balaban J connectivity index is 2.21. The number of rotatable bonds is 1. The van der Waals surface area contributed by atoms with Gasteiger partial charge in [-0.3, -0.25) is 0 Å². The summed E-state index contributed by atoms with van der Waals surface area (Å²) in [5.41, 5.74) is 0. The smallest absolute Gasteiger partial charge is 0.307 e. The van der Waals surface area contributed by atoms with E-state index >= 15 is 0 Å². The van der Waals surface area contributed by atoms with Crippen LogP contribution in [0.5, 0.6) is 0 Å². The maximum atomic E-state index is 12.7. The van der Waals surface area contributed by atoms with Crippen LogP contribution in [0.25, 0.3) is 0 Å². The predicted octanol–water partition coefficient (Wildman–Crippen LogP) is 0.964. The third-order valence-electron chi connectivity index (χ3n) is 2.22. The molecule has 1 saturated heterocycles. The largest absolute Gasteiger partial charge is 0.314 e. The minimum Gasteiger partial charge on any atom is -0.307 e. The lowest BCUT2D eigenvalue weighted by molar-refractivity contribution is 0.369. The number of hydrogen-bond donors (Lipinski definition) is 1. The Kier molecular flexibility index (Phi) is 2.62. The highest BCUT2D eigenvalue weighted by molar-refractivity contribution is 4.94. The van der Waals surface area contributed by atoms with E-state index in [4.69, 9.17) is 0 Å². The average molecular weight is 200 g/mol. The maximum Gasteiger partial charge on any atom is 0.314 e. The molecule has 1 atom stereocenters. The fourth-order valence-corrected chi connectivity index (χ4v) is 1.57. The van der Waals surface area contributed by atoms with Crippen LogP contribution < -0.4 is 5.32 Å². The monoisotopic (exact) mass is 200 g/mol. The van der Waals surface area contributed by atoms with Crippen molar-refractivity contribution in [2.45, 2.75) is 25.3 Å². The SMILES string of the molecule is Fc1nc(F)nc(C2CCCCN2)n1. The molecular weight excluding hydrogens is 190 g/mol. The summed E-state index contributed by atoms with van der Waals surface area (Å²) < 4.78 is 25.3. The van der Waals surface area contributed by atoms with E-state index in [0.29, 0.717) is 0 Å². The number of halogens is 2. The Labute approximate surface area is 79.8 Å². The molecule has 1 aromatic rings. The standard InChI is InChI=1S/C8H10F2N4/c9-7-12-6(13-8(10)14-7)5-3-1-2-4-11-5/h5,11H,1-4H2. The minimum atomic E-state index is -1.06. The lowest BCUT2D eigenvalue weighted by atomic mass is 10.0. The van der Waals surface area contributed by atoms with Crippen LogP contribution >= 0.6 is 0 Å². The molecule has 2 rings (SSSR count). The molecule has 0 saturated carbocycles. The van der Waals surface area contributed by atoms with E-state index in [0.717, 1.165) is 25.8 Å². The molecule has 14 heavy (non-hydrogen) atoms. The molecule has 0 aromatic carbocycles. The van der Waals surface area contributed by atoms with Crippen LogP contribution in [0, 0.1) is 12.2 Å². The molecule has 6 heteroatoms. The Morgan fingerprint density at radius 1 is 1.07 bits per heavy atom. The van der Waals surface area contributed by atoms with Crippen LogP contribution in [0.3, 0.4) is 0 Å². The molecule has 0 spiro atoms. The highest BCUT2D eigenvalue weighted by Gasteiger charge is 2.19. The van der Waals surface area contributed by atoms with Gasteiger partial charge < -0.3 is 5.32 Å². The van der Waals surface area contributed by atoms with Crippen molar-refractivity contribution in [2.24, 2.45) is 0 Å². The van der Waals surface area contributed by atoms with Crippen molar-refractivity contribution < 1.29 is 8.78 Å². The van der Waals surface area contributed by atoms with Gasteiger partial charge in [0.2, 0.25) is 0 Å². The highest BCUT2D eigenvalue weighted by Crippen LogP contribution is 2.19. The van der Waals surface area contributed by atoms with Crippen molar-refractivity contribution in [1.82, 2.24) is 20.3 Å². The van der Waals surface area contributed by atoms with Gasteiger partial charge in [-0.15, -0.1) is 0 Å². The summed E-state index contributed by atoms with van der Waals surface area (Å²) in [5, 5.41) is 3.10. The van der Waals surface area contributed by atoms with E-state index in [1.807, 2.05) is 0 Å². The van der Waals surface area contributed by atoms with Crippen molar-refractivity contribution in [3.05, 3.63) is 18.0 Å². The Morgan fingerprint density at radius 3 is 2.36 bits per heavy atom. The predicted molar refractivity (Wildman–Crippen MR) is 44.3 cm³/mol. The first-order valence-electron chi connectivity index (χ1n) is 4.56. The number of nitrogens with one attached hydrogen (secondary N) is 1. The molecule has 2 heterocycles. The van der Waals surface area contributed by atoms with Gasteiger partial charge in [-0.05, 0) is 19.4 Å². The van der Waals surface area contributed by atoms with E-state index in [1.54, 1.807) is 0 Å².